The summed E-state index contributed by atoms with van der Waals surface area (Å²) >= 11 is 0. The molecule has 0 rings (SSSR count). The summed E-state index contributed by atoms with van der Waals surface area (Å²) in [7, 11) is 0. The summed E-state index contributed by atoms with van der Waals surface area (Å²) in [6, 6.07) is 0. The average Bonchev–Trinajstić information content (AvgIpc) is 2.02. The van der Waals surface area contributed by atoms with Crippen molar-refractivity contribution in [1.29, 1.82) is 0 Å². The van der Waals surface area contributed by atoms with Crippen LogP contribution in [-0.4, -0.2) is 6.34 Å². The highest BCUT2D eigenvalue weighted by molar-refractivity contribution is 5.54. The van der Waals surface area contributed by atoms with Gasteiger partial charge in [0.1, 0.15) is 0 Å². The Morgan fingerprint density at radius 2 is 2.09 bits per heavy atom. The SMILES string of the molecule is C=C(CC)/C(C)=C(C)\N=C/N. The number of rotatable bonds is 3. The first-order chi connectivity index (χ1) is 5.13. The number of nitrogens with zero attached hydrogens (tertiary/aromatic N) is 1. The van der Waals surface area contributed by atoms with Crippen LogP contribution in [0.5, 0.6) is 0 Å². The molecule has 0 atom stereocenters. The van der Waals surface area contributed by atoms with Crippen LogP contribution in [0.25, 0.3) is 0 Å². The minimum Gasteiger partial charge on any atom is -0.390 e. The van der Waals surface area contributed by atoms with Gasteiger partial charge in [0.05, 0.1) is 6.34 Å². The van der Waals surface area contributed by atoms with E-state index >= 15 is 0 Å². The van der Waals surface area contributed by atoms with Gasteiger partial charge in [-0.2, -0.15) is 0 Å². The van der Waals surface area contributed by atoms with Crippen LogP contribution in [0.3, 0.4) is 0 Å². The van der Waals surface area contributed by atoms with E-state index in [0.717, 1.165) is 23.3 Å². The molecule has 0 aromatic heterocycles. The molecule has 2 nitrogen and oxygen atoms in total. The Balaban J connectivity index is 4.51. The van der Waals surface area contributed by atoms with Gasteiger partial charge in [0.15, 0.2) is 0 Å². The van der Waals surface area contributed by atoms with Crippen LogP contribution in [0.2, 0.25) is 0 Å². The molecule has 0 aromatic rings. The number of nitrogens with two attached hydrogens (primary N) is 1. The fourth-order valence-corrected chi connectivity index (χ4v) is 0.730. The summed E-state index contributed by atoms with van der Waals surface area (Å²) < 4.78 is 0. The molecule has 0 aliphatic carbocycles. The average molecular weight is 152 g/mol. The van der Waals surface area contributed by atoms with Crippen molar-refractivity contribution in [3.05, 3.63) is 23.4 Å². The molecule has 0 aliphatic rings. The van der Waals surface area contributed by atoms with Gasteiger partial charge in [-0.15, -0.1) is 0 Å². The lowest BCUT2D eigenvalue weighted by molar-refractivity contribution is 1.08. The van der Waals surface area contributed by atoms with Crippen molar-refractivity contribution in [3.8, 4) is 0 Å². The molecule has 0 unspecified atom stereocenters. The summed E-state index contributed by atoms with van der Waals surface area (Å²) in [6.07, 6.45) is 2.27. The van der Waals surface area contributed by atoms with Crippen LogP contribution in [-0.2, 0) is 0 Å². The second-order valence-electron chi connectivity index (χ2n) is 2.45. The largest absolute Gasteiger partial charge is 0.390 e. The first kappa shape index (κ1) is 9.95. The summed E-state index contributed by atoms with van der Waals surface area (Å²) in [5, 5.41) is 0. The third-order valence-corrected chi connectivity index (χ3v) is 1.77. The highest BCUT2D eigenvalue weighted by Crippen LogP contribution is 2.15. The van der Waals surface area contributed by atoms with Crippen LogP contribution < -0.4 is 5.73 Å². The zero-order valence-corrected chi connectivity index (χ0v) is 7.52. The topological polar surface area (TPSA) is 38.4 Å². The first-order valence-corrected chi connectivity index (χ1v) is 3.73. The minimum atomic E-state index is 0.944. The van der Waals surface area contributed by atoms with Crippen molar-refractivity contribution >= 4 is 6.34 Å². The predicted octanol–water partition coefficient (Wildman–Crippen LogP) is 2.23. The van der Waals surface area contributed by atoms with E-state index in [2.05, 4.69) is 18.5 Å². The van der Waals surface area contributed by atoms with Gasteiger partial charge in [-0.05, 0) is 25.8 Å². The molecule has 0 saturated carbocycles. The molecule has 0 spiro atoms. The molecule has 0 saturated heterocycles. The van der Waals surface area contributed by atoms with Crippen molar-refractivity contribution in [2.75, 3.05) is 0 Å². The second kappa shape index (κ2) is 4.72. The molecule has 11 heavy (non-hydrogen) atoms. The smallest absolute Gasteiger partial charge is 0.0856 e. The fourth-order valence-electron chi connectivity index (χ4n) is 0.730. The first-order valence-electron chi connectivity index (χ1n) is 3.73. The van der Waals surface area contributed by atoms with Crippen LogP contribution >= 0.6 is 0 Å². The van der Waals surface area contributed by atoms with Gasteiger partial charge in [0.25, 0.3) is 0 Å². The summed E-state index contributed by atoms with van der Waals surface area (Å²) in [5.74, 6) is 0. The maximum absolute atomic E-state index is 5.15. The lowest BCUT2D eigenvalue weighted by Gasteiger charge is -2.03. The summed E-state index contributed by atoms with van der Waals surface area (Å²) in [4.78, 5) is 3.97. The van der Waals surface area contributed by atoms with E-state index in [0.29, 0.717) is 0 Å². The fraction of sp³-hybridized carbons (Fsp3) is 0.444. The Kier molecular flexibility index (Phi) is 4.27. The molecule has 0 bridgehead atoms. The quantitative estimate of drug-likeness (QED) is 0.376. The van der Waals surface area contributed by atoms with Gasteiger partial charge >= 0.3 is 0 Å². The van der Waals surface area contributed by atoms with Gasteiger partial charge in [-0.1, -0.05) is 19.1 Å². The molecule has 0 aliphatic heterocycles. The maximum atomic E-state index is 5.15. The van der Waals surface area contributed by atoms with E-state index < -0.39 is 0 Å². The zero-order chi connectivity index (χ0) is 8.85. The number of hydrogen-bond acceptors (Lipinski definition) is 1. The molecule has 0 radical (unpaired) electrons. The van der Waals surface area contributed by atoms with E-state index in [9.17, 15) is 0 Å². The van der Waals surface area contributed by atoms with Crippen molar-refractivity contribution in [3.63, 3.8) is 0 Å². The summed E-state index contributed by atoms with van der Waals surface area (Å²) in [6.45, 7) is 9.92. The van der Waals surface area contributed by atoms with E-state index in [1.165, 1.54) is 6.34 Å². The van der Waals surface area contributed by atoms with Crippen molar-refractivity contribution in [2.24, 2.45) is 10.7 Å². The van der Waals surface area contributed by atoms with Crippen LogP contribution in [0, 0.1) is 0 Å². The van der Waals surface area contributed by atoms with Crippen LogP contribution in [0.4, 0.5) is 0 Å². The third-order valence-electron chi connectivity index (χ3n) is 1.77. The Morgan fingerprint density at radius 1 is 1.55 bits per heavy atom. The van der Waals surface area contributed by atoms with Crippen LogP contribution in [0.15, 0.2) is 28.4 Å². The minimum absolute atomic E-state index is 0.944. The lowest BCUT2D eigenvalue weighted by Crippen LogP contribution is -1.91. The molecule has 0 aromatic carbocycles. The lowest BCUT2D eigenvalue weighted by atomic mass is 10.1. The van der Waals surface area contributed by atoms with E-state index in [1.54, 1.807) is 0 Å². The van der Waals surface area contributed by atoms with Gasteiger partial charge in [0, 0.05) is 5.70 Å². The third kappa shape index (κ3) is 3.03. The molecular formula is C9H16N2. The monoisotopic (exact) mass is 152 g/mol. The standard InChI is InChI=1S/C9H16N2/c1-5-7(2)8(3)9(4)11-6-10/h6H,2,5H2,1,3-4H3,(H2,10,11)/b9-8-. The van der Waals surface area contributed by atoms with Crippen molar-refractivity contribution in [1.82, 2.24) is 0 Å². The highest BCUT2D eigenvalue weighted by atomic mass is 14.8. The van der Waals surface area contributed by atoms with Crippen molar-refractivity contribution < 1.29 is 0 Å². The molecule has 2 heteroatoms. The molecule has 2 N–H and O–H groups in total. The van der Waals surface area contributed by atoms with E-state index in [4.69, 9.17) is 5.73 Å². The second-order valence-corrected chi connectivity index (χ2v) is 2.45. The van der Waals surface area contributed by atoms with Crippen LogP contribution in [0.1, 0.15) is 27.2 Å². The zero-order valence-electron chi connectivity index (χ0n) is 7.52. The van der Waals surface area contributed by atoms with Gasteiger partial charge < -0.3 is 5.73 Å². The Bertz CT molecular complexity index is 200. The van der Waals surface area contributed by atoms with Crippen molar-refractivity contribution in [2.45, 2.75) is 27.2 Å². The number of allylic oxidation sites excluding steroid dienone is 3. The van der Waals surface area contributed by atoms with E-state index in [-0.39, 0.29) is 0 Å². The predicted molar refractivity (Wildman–Crippen MR) is 50.5 cm³/mol. The molecule has 62 valence electrons. The molecule has 0 amide bonds. The molecule has 0 fully saturated rings. The number of aliphatic imine (C=N–C) groups is 1. The van der Waals surface area contributed by atoms with Gasteiger partial charge in [-0.25, -0.2) is 4.99 Å². The Hall–Kier alpha value is -1.05. The highest BCUT2D eigenvalue weighted by Gasteiger charge is 1.96. The molecular weight excluding hydrogens is 136 g/mol. The van der Waals surface area contributed by atoms with E-state index in [1.807, 2.05) is 13.8 Å². The maximum Gasteiger partial charge on any atom is 0.0856 e. The van der Waals surface area contributed by atoms with Gasteiger partial charge in [0.2, 0.25) is 0 Å². The number of hydrogen-bond donors (Lipinski definition) is 1. The Labute approximate surface area is 68.5 Å². The summed E-state index contributed by atoms with van der Waals surface area (Å²) in [5.41, 5.74) is 8.35. The Morgan fingerprint density at radius 3 is 2.45 bits per heavy atom. The van der Waals surface area contributed by atoms with Gasteiger partial charge in [-0.3, -0.25) is 0 Å². The molecule has 0 heterocycles. The normalized spacial score (nSPS) is 13.4.